The number of hydrogen-bond donors (Lipinski definition) is 0. The number of imidazole rings is 1. The van der Waals surface area contributed by atoms with E-state index in [0.29, 0.717) is 11.6 Å². The summed E-state index contributed by atoms with van der Waals surface area (Å²) in [5.74, 6) is 1.29. The average molecular weight is 347 g/mol. The molecule has 0 spiro atoms. The van der Waals surface area contributed by atoms with Crippen LogP contribution in [0.5, 0.6) is 0 Å². The van der Waals surface area contributed by atoms with Crippen molar-refractivity contribution in [2.45, 2.75) is 0 Å². The number of nitrogens with zero attached hydrogens (tertiary/aromatic N) is 5. The predicted molar refractivity (Wildman–Crippen MR) is 107 cm³/mol. The van der Waals surface area contributed by atoms with Crippen LogP contribution in [-0.2, 0) is 0 Å². The van der Waals surface area contributed by atoms with Gasteiger partial charge >= 0.3 is 0 Å². The molecule has 3 aromatic carbocycles. The lowest BCUT2D eigenvalue weighted by Gasteiger charge is -2.08. The SMILES string of the molecule is c1ccc2nc(-c3nc4ccccc4c4nc5ccccc5n34)ncc2c1. The van der Waals surface area contributed by atoms with Gasteiger partial charge in [-0.3, -0.25) is 4.40 Å². The Bertz CT molecular complexity index is 1480. The van der Waals surface area contributed by atoms with Crippen LogP contribution in [0.4, 0.5) is 0 Å². The van der Waals surface area contributed by atoms with Crippen molar-refractivity contribution in [3.8, 4) is 11.6 Å². The third-order valence-electron chi connectivity index (χ3n) is 4.83. The van der Waals surface area contributed by atoms with Gasteiger partial charge in [0.15, 0.2) is 11.6 Å². The first kappa shape index (κ1) is 14.3. The first-order chi connectivity index (χ1) is 13.4. The van der Waals surface area contributed by atoms with Crippen molar-refractivity contribution in [1.29, 1.82) is 0 Å². The first-order valence-electron chi connectivity index (χ1n) is 8.76. The van der Waals surface area contributed by atoms with Crippen LogP contribution in [0, 0.1) is 0 Å². The highest BCUT2D eigenvalue weighted by atomic mass is 15.1. The van der Waals surface area contributed by atoms with E-state index in [0.717, 1.165) is 38.5 Å². The van der Waals surface area contributed by atoms with Gasteiger partial charge in [-0.15, -0.1) is 0 Å². The molecule has 6 rings (SSSR count). The van der Waals surface area contributed by atoms with Crippen molar-refractivity contribution < 1.29 is 0 Å². The van der Waals surface area contributed by atoms with E-state index in [9.17, 15) is 0 Å². The van der Waals surface area contributed by atoms with E-state index in [1.54, 1.807) is 0 Å². The molecule has 0 saturated heterocycles. The molecule has 0 unspecified atom stereocenters. The number of benzene rings is 3. The van der Waals surface area contributed by atoms with Gasteiger partial charge in [0, 0.05) is 17.0 Å². The molecule has 0 saturated carbocycles. The topological polar surface area (TPSA) is 56.0 Å². The zero-order chi connectivity index (χ0) is 17.8. The molecule has 5 heteroatoms. The van der Waals surface area contributed by atoms with E-state index < -0.39 is 0 Å². The van der Waals surface area contributed by atoms with Gasteiger partial charge in [-0.2, -0.15) is 0 Å². The molecular formula is C22H13N5. The maximum Gasteiger partial charge on any atom is 0.196 e. The lowest BCUT2D eigenvalue weighted by Crippen LogP contribution is -2.01. The maximum atomic E-state index is 4.90. The van der Waals surface area contributed by atoms with E-state index >= 15 is 0 Å². The third kappa shape index (κ3) is 2.05. The van der Waals surface area contributed by atoms with Gasteiger partial charge in [-0.25, -0.2) is 19.9 Å². The molecule has 0 bridgehead atoms. The molecule has 0 amide bonds. The van der Waals surface area contributed by atoms with Crippen LogP contribution >= 0.6 is 0 Å². The second-order valence-corrected chi connectivity index (χ2v) is 6.46. The van der Waals surface area contributed by atoms with Crippen LogP contribution in [0.1, 0.15) is 0 Å². The average Bonchev–Trinajstić information content (AvgIpc) is 3.13. The van der Waals surface area contributed by atoms with Crippen molar-refractivity contribution in [3.63, 3.8) is 0 Å². The van der Waals surface area contributed by atoms with Crippen molar-refractivity contribution in [2.75, 3.05) is 0 Å². The Hall–Kier alpha value is -3.86. The Morgan fingerprint density at radius 3 is 2.30 bits per heavy atom. The number of hydrogen-bond acceptors (Lipinski definition) is 4. The highest BCUT2D eigenvalue weighted by Gasteiger charge is 2.16. The summed E-state index contributed by atoms with van der Waals surface area (Å²) >= 11 is 0. The lowest BCUT2D eigenvalue weighted by atomic mass is 10.2. The maximum absolute atomic E-state index is 4.90. The summed E-state index contributed by atoms with van der Waals surface area (Å²) in [6, 6.07) is 24.1. The number of aromatic nitrogens is 5. The van der Waals surface area contributed by atoms with Crippen LogP contribution < -0.4 is 0 Å². The van der Waals surface area contributed by atoms with Crippen LogP contribution in [0.25, 0.3) is 50.1 Å². The second-order valence-electron chi connectivity index (χ2n) is 6.46. The first-order valence-corrected chi connectivity index (χ1v) is 8.76. The molecule has 0 aliphatic heterocycles. The van der Waals surface area contributed by atoms with E-state index in [1.807, 2.05) is 66.9 Å². The molecule has 6 aromatic rings. The van der Waals surface area contributed by atoms with Crippen molar-refractivity contribution >= 4 is 38.5 Å². The molecule has 0 N–H and O–H groups in total. The summed E-state index contributed by atoms with van der Waals surface area (Å²) in [4.78, 5) is 19.1. The van der Waals surface area contributed by atoms with E-state index in [2.05, 4.69) is 21.5 Å². The minimum absolute atomic E-state index is 0.590. The van der Waals surface area contributed by atoms with Crippen LogP contribution in [-0.4, -0.2) is 24.3 Å². The summed E-state index contributed by atoms with van der Waals surface area (Å²) in [7, 11) is 0. The summed E-state index contributed by atoms with van der Waals surface area (Å²) in [5, 5.41) is 2.02. The largest absolute Gasteiger partial charge is 0.273 e. The monoisotopic (exact) mass is 347 g/mol. The van der Waals surface area contributed by atoms with Crippen molar-refractivity contribution in [1.82, 2.24) is 24.3 Å². The number of para-hydroxylation sites is 4. The zero-order valence-electron chi connectivity index (χ0n) is 14.2. The fraction of sp³-hybridized carbons (Fsp3) is 0. The van der Waals surface area contributed by atoms with Crippen molar-refractivity contribution in [3.05, 3.63) is 79.0 Å². The molecular weight excluding hydrogens is 334 g/mol. The molecule has 0 radical (unpaired) electrons. The number of fused-ring (bicyclic) bond motifs is 6. The Morgan fingerprint density at radius 2 is 1.37 bits per heavy atom. The molecule has 27 heavy (non-hydrogen) atoms. The van der Waals surface area contributed by atoms with Crippen molar-refractivity contribution in [2.24, 2.45) is 0 Å². The zero-order valence-corrected chi connectivity index (χ0v) is 14.2. The van der Waals surface area contributed by atoms with E-state index in [4.69, 9.17) is 15.0 Å². The predicted octanol–water partition coefficient (Wildman–Crippen LogP) is 4.65. The van der Waals surface area contributed by atoms with Gasteiger partial charge in [0.25, 0.3) is 0 Å². The highest BCUT2D eigenvalue weighted by molar-refractivity contribution is 5.98. The Balaban J connectivity index is 1.80. The lowest BCUT2D eigenvalue weighted by molar-refractivity contribution is 1.09. The summed E-state index contributed by atoms with van der Waals surface area (Å²) in [6.45, 7) is 0. The van der Waals surface area contributed by atoms with Gasteiger partial charge in [-0.1, -0.05) is 42.5 Å². The third-order valence-corrected chi connectivity index (χ3v) is 4.83. The highest BCUT2D eigenvalue weighted by Crippen LogP contribution is 2.28. The normalized spacial score (nSPS) is 11.7. The molecule has 0 aliphatic rings. The molecule has 0 atom stereocenters. The molecule has 126 valence electrons. The quantitative estimate of drug-likeness (QED) is 0.434. The smallest absolute Gasteiger partial charge is 0.196 e. The van der Waals surface area contributed by atoms with Crippen LogP contribution in [0.2, 0.25) is 0 Å². The van der Waals surface area contributed by atoms with Gasteiger partial charge in [0.2, 0.25) is 0 Å². The summed E-state index contributed by atoms with van der Waals surface area (Å²) in [6.07, 6.45) is 1.85. The van der Waals surface area contributed by atoms with E-state index in [1.165, 1.54) is 0 Å². The minimum atomic E-state index is 0.590. The number of rotatable bonds is 1. The molecule has 3 aromatic heterocycles. The van der Waals surface area contributed by atoms with Gasteiger partial charge in [0.1, 0.15) is 5.65 Å². The standard InChI is InChI=1S/C22H13N5/c1-3-9-16-14(7-1)13-23-20(24-16)22-25-17-10-4-2-8-15(17)21-26-18-11-5-6-12-19(18)27(21)22/h1-13H. The van der Waals surface area contributed by atoms with Gasteiger partial charge in [-0.05, 0) is 30.3 Å². The molecule has 3 heterocycles. The second kappa shape index (κ2) is 5.32. The molecule has 0 fully saturated rings. The van der Waals surface area contributed by atoms with Gasteiger partial charge in [0.05, 0.1) is 22.1 Å². The Labute approximate surface area is 154 Å². The molecule has 0 aliphatic carbocycles. The summed E-state index contributed by atoms with van der Waals surface area (Å²) < 4.78 is 2.06. The minimum Gasteiger partial charge on any atom is -0.273 e. The summed E-state index contributed by atoms with van der Waals surface area (Å²) in [5.41, 5.74) is 4.57. The Morgan fingerprint density at radius 1 is 0.630 bits per heavy atom. The van der Waals surface area contributed by atoms with Gasteiger partial charge < -0.3 is 0 Å². The van der Waals surface area contributed by atoms with Crippen LogP contribution in [0.15, 0.2) is 79.0 Å². The van der Waals surface area contributed by atoms with E-state index in [-0.39, 0.29) is 0 Å². The fourth-order valence-electron chi connectivity index (χ4n) is 3.58. The molecule has 5 nitrogen and oxygen atoms in total. The van der Waals surface area contributed by atoms with Crippen LogP contribution in [0.3, 0.4) is 0 Å². The Kier molecular flexibility index (Phi) is 2.82. The fourth-order valence-corrected chi connectivity index (χ4v) is 3.58.